The molecule has 4 unspecified atom stereocenters. The number of phenols is 1. The summed E-state index contributed by atoms with van der Waals surface area (Å²) in [7, 11) is 3.12. The number of primary amides is 1. The lowest BCUT2D eigenvalue weighted by Crippen LogP contribution is -2.61. The van der Waals surface area contributed by atoms with Gasteiger partial charge in [0.05, 0.1) is 29.3 Å². The predicted molar refractivity (Wildman–Crippen MR) is 148 cm³/mol. The van der Waals surface area contributed by atoms with Gasteiger partial charge < -0.3 is 36.8 Å². The number of para-hydroxylation sites is 1. The monoisotopic (exact) mass is 562 g/mol. The van der Waals surface area contributed by atoms with Gasteiger partial charge >= 0.3 is 6.03 Å². The number of hydrogen-bond donors (Lipinski definition) is 7. The topological polar surface area (TPSA) is 203 Å². The first kappa shape index (κ1) is 27.9. The number of urea groups is 1. The number of fused-ring (bicyclic) bond motifs is 3. The van der Waals surface area contributed by atoms with E-state index in [4.69, 9.17) is 5.73 Å². The standard InChI is InChI=1S/C29H30N4O8/c1-11-13-9-10-14(32-29(41)31-12-7-5-4-6-8-12)22(34)16(13)24(36)18-15(11)23(35)17-19(25(18)37)26(38)20(28(30)40)27(39)21(17)33(2)3/h4-11,15,17,19,21,23,34-36,39H,1-3H3,(H2,30,40)(H2,31,32,41)/t11-,15?,17?,19?,21-,23?/m0/s1. The normalized spacial score (nSPS) is 27.2. The summed E-state index contributed by atoms with van der Waals surface area (Å²) in [6, 6.07) is 9.84. The lowest BCUT2D eigenvalue weighted by Gasteiger charge is -2.50. The first-order valence-corrected chi connectivity index (χ1v) is 12.9. The predicted octanol–water partition coefficient (Wildman–Crippen LogP) is 2.02. The molecule has 3 aliphatic carbocycles. The highest BCUT2D eigenvalue weighted by Crippen LogP contribution is 2.55. The van der Waals surface area contributed by atoms with Gasteiger partial charge in [0.25, 0.3) is 5.91 Å². The van der Waals surface area contributed by atoms with Crippen LogP contribution in [0.4, 0.5) is 16.2 Å². The average Bonchev–Trinajstić information content (AvgIpc) is 2.90. The summed E-state index contributed by atoms with van der Waals surface area (Å²) < 4.78 is 0. The van der Waals surface area contributed by atoms with Crippen molar-refractivity contribution in [3.8, 4) is 5.75 Å². The number of phenolic OH excluding ortho intramolecular Hbond substituents is 1. The average molecular weight is 563 g/mol. The maximum absolute atomic E-state index is 13.9. The van der Waals surface area contributed by atoms with E-state index in [1.807, 2.05) is 0 Å². The van der Waals surface area contributed by atoms with Gasteiger partial charge in [-0.15, -0.1) is 0 Å². The van der Waals surface area contributed by atoms with E-state index in [2.05, 4.69) is 10.6 Å². The van der Waals surface area contributed by atoms with E-state index in [9.17, 15) is 39.6 Å². The molecule has 0 saturated heterocycles. The largest absolute Gasteiger partial charge is 0.510 e. The molecule has 12 heteroatoms. The molecule has 0 bridgehead atoms. The van der Waals surface area contributed by atoms with Crippen LogP contribution in [0, 0.1) is 17.8 Å². The zero-order chi connectivity index (χ0) is 29.9. The van der Waals surface area contributed by atoms with Crippen molar-refractivity contribution in [2.75, 3.05) is 24.7 Å². The summed E-state index contributed by atoms with van der Waals surface area (Å²) in [4.78, 5) is 53.5. The van der Waals surface area contributed by atoms with Gasteiger partial charge in [-0.25, -0.2) is 4.79 Å². The second-order valence-electron chi connectivity index (χ2n) is 10.8. The van der Waals surface area contributed by atoms with Gasteiger partial charge in [-0.3, -0.25) is 19.3 Å². The third-order valence-corrected chi connectivity index (χ3v) is 8.27. The summed E-state index contributed by atoms with van der Waals surface area (Å²) in [6.45, 7) is 1.70. The molecule has 41 heavy (non-hydrogen) atoms. The number of benzene rings is 2. The number of nitrogens with one attached hydrogen (secondary N) is 2. The third kappa shape index (κ3) is 4.23. The number of nitrogens with zero attached hydrogens (tertiary/aromatic N) is 1. The number of aliphatic hydroxyl groups excluding tert-OH is 3. The number of aromatic hydroxyl groups is 1. The number of carbonyl (C=O) groups is 4. The summed E-state index contributed by atoms with van der Waals surface area (Å²) in [6.07, 6.45) is -1.41. The Balaban J connectivity index is 1.59. The number of carbonyl (C=O) groups excluding carboxylic acids is 4. The number of aliphatic hydroxyl groups is 3. The van der Waals surface area contributed by atoms with Crippen LogP contribution in [0.2, 0.25) is 0 Å². The van der Waals surface area contributed by atoms with Gasteiger partial charge in [-0.05, 0) is 43.8 Å². The summed E-state index contributed by atoms with van der Waals surface area (Å²) >= 11 is 0. The Morgan fingerprint density at radius 1 is 0.951 bits per heavy atom. The molecule has 12 nitrogen and oxygen atoms in total. The highest BCUT2D eigenvalue weighted by molar-refractivity contribution is 6.28. The Morgan fingerprint density at radius 2 is 1.61 bits per heavy atom. The maximum Gasteiger partial charge on any atom is 0.323 e. The SMILES string of the molecule is C[C@H]1c2ccc(NC(=O)Nc3ccccc3)c(O)c2C(O)=C2C(=O)C3C(=O)C(C(N)=O)=C(O)[C@@H](N(C)C)C3C(O)C21. The number of likely N-dealkylation sites (N-methyl/N-ethyl adjacent to an activating group) is 1. The van der Waals surface area contributed by atoms with Gasteiger partial charge in [0, 0.05) is 23.1 Å². The fraction of sp³-hybridized carbons (Fsp3) is 0.310. The lowest BCUT2D eigenvalue weighted by atomic mass is 9.56. The third-order valence-electron chi connectivity index (χ3n) is 8.27. The molecule has 5 rings (SSSR count). The van der Waals surface area contributed by atoms with Crippen molar-refractivity contribution in [3.63, 3.8) is 0 Å². The number of Topliss-reactive ketones (excluding diaryl/α,β-unsaturated/α-hetero) is 2. The molecular formula is C29H30N4O8. The van der Waals surface area contributed by atoms with Crippen LogP contribution >= 0.6 is 0 Å². The number of nitrogens with two attached hydrogens (primary N) is 1. The van der Waals surface area contributed by atoms with E-state index in [-0.39, 0.29) is 16.8 Å². The Kier molecular flexibility index (Phi) is 6.84. The molecule has 6 atom stereocenters. The van der Waals surface area contributed by atoms with Crippen molar-refractivity contribution < 1.29 is 39.6 Å². The highest BCUT2D eigenvalue weighted by atomic mass is 16.3. The van der Waals surface area contributed by atoms with Crippen LogP contribution in [0.5, 0.6) is 5.75 Å². The molecular weight excluding hydrogens is 532 g/mol. The number of amides is 3. The Labute approximate surface area is 234 Å². The van der Waals surface area contributed by atoms with E-state index in [1.54, 1.807) is 57.4 Å². The minimum absolute atomic E-state index is 0.0538. The van der Waals surface area contributed by atoms with Crippen molar-refractivity contribution in [1.82, 2.24) is 4.90 Å². The van der Waals surface area contributed by atoms with E-state index in [1.165, 1.54) is 11.0 Å². The van der Waals surface area contributed by atoms with Gasteiger partial charge in [0.15, 0.2) is 11.6 Å². The Hall–Kier alpha value is -4.68. The molecule has 1 saturated carbocycles. The molecule has 214 valence electrons. The van der Waals surface area contributed by atoms with Gasteiger partial charge in [0.2, 0.25) is 0 Å². The van der Waals surface area contributed by atoms with Crippen LogP contribution in [0.25, 0.3) is 5.76 Å². The van der Waals surface area contributed by atoms with E-state index < -0.39 is 82.2 Å². The van der Waals surface area contributed by atoms with Crippen molar-refractivity contribution >= 4 is 40.6 Å². The molecule has 3 amide bonds. The fourth-order valence-corrected chi connectivity index (χ4v) is 6.52. The van der Waals surface area contributed by atoms with Crippen LogP contribution in [0.3, 0.4) is 0 Å². The smallest absolute Gasteiger partial charge is 0.323 e. The Morgan fingerprint density at radius 3 is 2.22 bits per heavy atom. The second kappa shape index (κ2) is 10.1. The van der Waals surface area contributed by atoms with Crippen LogP contribution in [0.15, 0.2) is 59.4 Å². The summed E-state index contributed by atoms with van der Waals surface area (Å²) in [5, 5.41) is 50.2. The minimum atomic E-state index is -1.61. The molecule has 2 aromatic rings. The number of hydrogen-bond acceptors (Lipinski definition) is 9. The lowest BCUT2D eigenvalue weighted by molar-refractivity contribution is -0.143. The van der Waals surface area contributed by atoms with Crippen LogP contribution in [0.1, 0.15) is 24.0 Å². The molecule has 0 heterocycles. The number of ketones is 2. The van der Waals surface area contributed by atoms with E-state index >= 15 is 0 Å². The molecule has 3 aliphatic rings. The fourth-order valence-electron chi connectivity index (χ4n) is 6.52. The number of anilines is 2. The van der Waals surface area contributed by atoms with Gasteiger partial charge in [0.1, 0.15) is 22.8 Å². The maximum atomic E-state index is 13.9. The highest BCUT2D eigenvalue weighted by Gasteiger charge is 2.60. The first-order valence-electron chi connectivity index (χ1n) is 12.9. The zero-order valence-electron chi connectivity index (χ0n) is 22.5. The van der Waals surface area contributed by atoms with Crippen LogP contribution in [-0.2, 0) is 14.4 Å². The summed E-state index contributed by atoms with van der Waals surface area (Å²) in [5.74, 6) is -9.30. The first-order chi connectivity index (χ1) is 19.4. The second-order valence-corrected chi connectivity index (χ2v) is 10.8. The van der Waals surface area contributed by atoms with Gasteiger partial charge in [-0.1, -0.05) is 31.2 Å². The Bertz CT molecular complexity index is 1550. The van der Waals surface area contributed by atoms with Crippen molar-refractivity contribution in [1.29, 1.82) is 0 Å². The molecule has 0 radical (unpaired) electrons. The van der Waals surface area contributed by atoms with Gasteiger partial charge in [-0.2, -0.15) is 0 Å². The zero-order valence-corrected chi connectivity index (χ0v) is 22.5. The molecule has 8 N–H and O–H groups in total. The quantitative estimate of drug-likeness (QED) is 0.165. The van der Waals surface area contributed by atoms with Crippen molar-refractivity contribution in [3.05, 3.63) is 70.5 Å². The van der Waals surface area contributed by atoms with Crippen LogP contribution in [-0.4, -0.2) is 75.1 Å². The van der Waals surface area contributed by atoms with E-state index in [0.717, 1.165) is 0 Å². The molecule has 0 spiro atoms. The van der Waals surface area contributed by atoms with Crippen LogP contribution < -0.4 is 16.4 Å². The van der Waals surface area contributed by atoms with E-state index in [0.29, 0.717) is 11.3 Å². The molecule has 0 aromatic heterocycles. The minimum Gasteiger partial charge on any atom is -0.510 e. The van der Waals surface area contributed by atoms with Crippen molar-refractivity contribution in [2.24, 2.45) is 23.5 Å². The molecule has 0 aliphatic heterocycles. The molecule has 2 aromatic carbocycles. The summed E-state index contributed by atoms with van der Waals surface area (Å²) in [5.41, 5.74) is 5.09. The molecule has 1 fully saturated rings. The van der Waals surface area contributed by atoms with Crippen molar-refractivity contribution in [2.45, 2.75) is 25.0 Å². The number of rotatable bonds is 4.